The molecular formula is C12H10Cl2N2O3. The summed E-state index contributed by atoms with van der Waals surface area (Å²) in [6.07, 6.45) is 0.680. The predicted molar refractivity (Wildman–Crippen MR) is 71.6 cm³/mol. The van der Waals surface area contributed by atoms with Gasteiger partial charge in [0.25, 0.3) is 0 Å². The first-order valence-corrected chi connectivity index (χ1v) is 6.28. The third kappa shape index (κ3) is 3.24. The third-order valence-electron chi connectivity index (χ3n) is 2.64. The monoisotopic (exact) mass is 300 g/mol. The first-order valence-electron chi connectivity index (χ1n) is 5.52. The molecule has 5 nitrogen and oxygen atoms in total. The maximum Gasteiger partial charge on any atom is 0.325 e. The van der Waals surface area contributed by atoms with Crippen molar-refractivity contribution in [3.8, 4) is 0 Å². The molecule has 100 valence electrons. The highest BCUT2D eigenvalue weighted by atomic mass is 35.5. The van der Waals surface area contributed by atoms with Crippen molar-refractivity contribution in [2.45, 2.75) is 12.8 Å². The lowest BCUT2D eigenvalue weighted by Gasteiger charge is -2.22. The molecule has 0 fully saturated rings. The number of halogens is 2. The van der Waals surface area contributed by atoms with E-state index in [1.54, 1.807) is 18.2 Å². The Hall–Kier alpha value is -1.59. The molecule has 0 aromatic heterocycles. The van der Waals surface area contributed by atoms with Gasteiger partial charge in [-0.05, 0) is 17.7 Å². The summed E-state index contributed by atoms with van der Waals surface area (Å²) in [6, 6.07) is 5.03. The lowest BCUT2D eigenvalue weighted by Crippen LogP contribution is -2.35. The van der Waals surface area contributed by atoms with Gasteiger partial charge in [-0.1, -0.05) is 29.3 Å². The quantitative estimate of drug-likeness (QED) is 0.932. The molecule has 1 aromatic carbocycles. The molecule has 0 saturated heterocycles. The van der Waals surface area contributed by atoms with E-state index in [-0.39, 0.29) is 12.3 Å². The average Bonchev–Trinajstić information content (AvgIpc) is 2.35. The molecule has 0 bridgehead atoms. The second kappa shape index (κ2) is 5.59. The molecule has 0 atom stereocenters. The Labute approximate surface area is 119 Å². The van der Waals surface area contributed by atoms with Crippen molar-refractivity contribution >= 4 is 40.8 Å². The van der Waals surface area contributed by atoms with Gasteiger partial charge in [-0.3, -0.25) is 9.59 Å². The second-order valence-corrected chi connectivity index (χ2v) is 4.84. The summed E-state index contributed by atoms with van der Waals surface area (Å²) >= 11 is 11.7. The Morgan fingerprint density at radius 2 is 2.05 bits per heavy atom. The van der Waals surface area contributed by atoms with Crippen LogP contribution in [-0.2, 0) is 9.59 Å². The van der Waals surface area contributed by atoms with Crippen LogP contribution in [0.2, 0.25) is 10.0 Å². The van der Waals surface area contributed by atoms with Crippen molar-refractivity contribution in [3.05, 3.63) is 33.8 Å². The van der Waals surface area contributed by atoms with E-state index in [1.807, 2.05) is 0 Å². The van der Waals surface area contributed by atoms with Crippen LogP contribution in [0.5, 0.6) is 0 Å². The fourth-order valence-corrected chi connectivity index (χ4v) is 2.03. The Morgan fingerprint density at radius 1 is 1.32 bits per heavy atom. The second-order valence-electron chi connectivity index (χ2n) is 4.02. The van der Waals surface area contributed by atoms with Gasteiger partial charge in [0.15, 0.2) is 0 Å². The van der Waals surface area contributed by atoms with E-state index in [0.29, 0.717) is 22.2 Å². The summed E-state index contributed by atoms with van der Waals surface area (Å²) < 4.78 is 0. The summed E-state index contributed by atoms with van der Waals surface area (Å²) in [5.74, 6) is -1.40. The molecule has 19 heavy (non-hydrogen) atoms. The number of rotatable bonds is 3. The van der Waals surface area contributed by atoms with Crippen LogP contribution < -0.4 is 0 Å². The van der Waals surface area contributed by atoms with E-state index in [9.17, 15) is 9.59 Å². The van der Waals surface area contributed by atoms with E-state index in [0.717, 1.165) is 10.6 Å². The van der Waals surface area contributed by atoms with E-state index < -0.39 is 12.5 Å². The van der Waals surface area contributed by atoms with E-state index >= 15 is 0 Å². The van der Waals surface area contributed by atoms with Crippen LogP contribution in [-0.4, -0.2) is 34.2 Å². The summed E-state index contributed by atoms with van der Waals surface area (Å²) in [5, 5.41) is 14.6. The van der Waals surface area contributed by atoms with Gasteiger partial charge in [-0.25, -0.2) is 5.01 Å². The summed E-state index contributed by atoms with van der Waals surface area (Å²) in [5.41, 5.74) is 1.36. The van der Waals surface area contributed by atoms with Crippen molar-refractivity contribution in [3.63, 3.8) is 0 Å². The smallest absolute Gasteiger partial charge is 0.325 e. The number of amides is 1. The zero-order valence-corrected chi connectivity index (χ0v) is 11.3. The highest BCUT2D eigenvalue weighted by Gasteiger charge is 2.23. The lowest BCUT2D eigenvalue weighted by atomic mass is 10.0. The molecule has 2 rings (SSSR count). The Bertz CT molecular complexity index is 572. The minimum atomic E-state index is -1.10. The molecule has 1 heterocycles. The van der Waals surface area contributed by atoms with Gasteiger partial charge in [-0.2, -0.15) is 5.10 Å². The van der Waals surface area contributed by atoms with Gasteiger partial charge < -0.3 is 5.11 Å². The van der Waals surface area contributed by atoms with Gasteiger partial charge in [0.2, 0.25) is 5.91 Å². The van der Waals surface area contributed by atoms with Crippen LogP contribution in [0, 0.1) is 0 Å². The van der Waals surface area contributed by atoms with Crippen molar-refractivity contribution in [1.29, 1.82) is 0 Å². The SMILES string of the molecule is O=C(O)CN1N=C(c2ccc(Cl)c(Cl)c2)CCC1=O. The number of carboxylic acid groups (broad SMARTS) is 1. The molecule has 0 saturated carbocycles. The van der Waals surface area contributed by atoms with Crippen molar-refractivity contribution in [2.24, 2.45) is 5.10 Å². The lowest BCUT2D eigenvalue weighted by molar-refractivity contribution is -0.144. The zero-order valence-electron chi connectivity index (χ0n) is 9.77. The van der Waals surface area contributed by atoms with Crippen molar-refractivity contribution in [1.82, 2.24) is 5.01 Å². The molecule has 1 aliphatic heterocycles. The van der Waals surface area contributed by atoms with Gasteiger partial charge in [0, 0.05) is 12.8 Å². The molecule has 0 unspecified atom stereocenters. The van der Waals surface area contributed by atoms with Gasteiger partial charge in [-0.15, -0.1) is 0 Å². The summed E-state index contributed by atoms with van der Waals surface area (Å²) in [6.45, 7) is -0.441. The van der Waals surface area contributed by atoms with Crippen molar-refractivity contribution in [2.75, 3.05) is 6.54 Å². The van der Waals surface area contributed by atoms with Crippen LogP contribution in [0.3, 0.4) is 0 Å². The van der Waals surface area contributed by atoms with Gasteiger partial charge >= 0.3 is 5.97 Å². The average molecular weight is 301 g/mol. The number of nitrogens with zero attached hydrogens (tertiary/aromatic N) is 2. The van der Waals surface area contributed by atoms with Crippen molar-refractivity contribution < 1.29 is 14.7 Å². The number of aliphatic carboxylic acids is 1. The fourth-order valence-electron chi connectivity index (χ4n) is 1.74. The molecule has 0 radical (unpaired) electrons. The third-order valence-corrected chi connectivity index (χ3v) is 3.38. The maximum atomic E-state index is 11.5. The normalized spacial score (nSPS) is 15.4. The highest BCUT2D eigenvalue weighted by molar-refractivity contribution is 6.42. The number of hydrazone groups is 1. The zero-order chi connectivity index (χ0) is 14.0. The largest absolute Gasteiger partial charge is 0.480 e. The number of hydrogen-bond acceptors (Lipinski definition) is 3. The molecule has 1 aliphatic rings. The highest BCUT2D eigenvalue weighted by Crippen LogP contribution is 2.24. The molecule has 7 heteroatoms. The number of hydrogen-bond donors (Lipinski definition) is 1. The maximum absolute atomic E-state index is 11.5. The minimum absolute atomic E-state index is 0.229. The Balaban J connectivity index is 2.30. The van der Waals surface area contributed by atoms with Crippen LogP contribution in [0.1, 0.15) is 18.4 Å². The van der Waals surface area contributed by atoms with E-state index in [4.69, 9.17) is 28.3 Å². The molecular weight excluding hydrogens is 291 g/mol. The summed E-state index contributed by atoms with van der Waals surface area (Å²) in [4.78, 5) is 22.2. The van der Waals surface area contributed by atoms with Crippen LogP contribution in [0.15, 0.2) is 23.3 Å². The van der Waals surface area contributed by atoms with Gasteiger partial charge in [0.05, 0.1) is 15.8 Å². The number of carboxylic acids is 1. The molecule has 0 aliphatic carbocycles. The molecule has 0 spiro atoms. The molecule has 1 amide bonds. The minimum Gasteiger partial charge on any atom is -0.480 e. The predicted octanol–water partition coefficient (Wildman–Crippen LogP) is 2.40. The topological polar surface area (TPSA) is 70.0 Å². The number of benzene rings is 1. The standard InChI is InChI=1S/C12H10Cl2N2O3/c13-8-2-1-7(5-9(8)14)10-3-4-11(17)16(15-10)6-12(18)19/h1-2,5H,3-4,6H2,(H,18,19). The first kappa shape index (κ1) is 13.8. The first-order chi connectivity index (χ1) is 8.97. The van der Waals surface area contributed by atoms with E-state index in [1.165, 1.54) is 0 Å². The number of carbonyl (C=O) groups is 2. The van der Waals surface area contributed by atoms with Crippen LogP contribution in [0.4, 0.5) is 0 Å². The van der Waals surface area contributed by atoms with E-state index in [2.05, 4.69) is 5.10 Å². The fraction of sp³-hybridized carbons (Fsp3) is 0.250. The Morgan fingerprint density at radius 3 is 2.68 bits per heavy atom. The Kier molecular flexibility index (Phi) is 4.07. The van der Waals surface area contributed by atoms with Crippen LogP contribution >= 0.6 is 23.2 Å². The van der Waals surface area contributed by atoms with Crippen LogP contribution in [0.25, 0.3) is 0 Å². The number of carbonyl (C=O) groups excluding carboxylic acids is 1. The molecule has 1 N–H and O–H groups in total. The molecule has 1 aromatic rings. The summed E-state index contributed by atoms with van der Waals surface area (Å²) in [7, 11) is 0. The van der Waals surface area contributed by atoms with Gasteiger partial charge in [0.1, 0.15) is 6.54 Å².